The summed E-state index contributed by atoms with van der Waals surface area (Å²) >= 11 is 0. The van der Waals surface area contributed by atoms with Crippen molar-refractivity contribution in [2.75, 3.05) is 47.1 Å². The second-order valence-corrected chi connectivity index (χ2v) is 6.81. The zero-order chi connectivity index (χ0) is 20.6. The first-order valence-corrected chi connectivity index (χ1v) is 9.66. The minimum Gasteiger partial charge on any atom is -0.493 e. The molecule has 1 aromatic heterocycles. The number of hydrogen-bond donors (Lipinski definition) is 1. The van der Waals surface area contributed by atoms with Crippen molar-refractivity contribution in [2.45, 2.75) is 13.0 Å². The van der Waals surface area contributed by atoms with Gasteiger partial charge in [-0.3, -0.25) is 9.69 Å². The molecule has 0 spiro atoms. The summed E-state index contributed by atoms with van der Waals surface area (Å²) < 4.78 is 21.7. The van der Waals surface area contributed by atoms with Crippen molar-refractivity contribution >= 4 is 12.0 Å². The molecule has 1 N–H and O–H groups in total. The lowest BCUT2D eigenvalue weighted by Gasteiger charge is -2.35. The van der Waals surface area contributed by atoms with Gasteiger partial charge in [0, 0.05) is 25.7 Å². The van der Waals surface area contributed by atoms with Crippen molar-refractivity contribution in [3.8, 4) is 11.5 Å². The number of aryl methyl sites for hydroxylation is 1. The molecule has 7 heteroatoms. The lowest BCUT2D eigenvalue weighted by Crippen LogP contribution is -2.43. The highest BCUT2D eigenvalue weighted by atomic mass is 16.5. The van der Waals surface area contributed by atoms with Crippen LogP contribution in [0, 0.1) is 6.92 Å². The number of rotatable bonds is 8. The zero-order valence-corrected chi connectivity index (χ0v) is 17.1. The van der Waals surface area contributed by atoms with E-state index >= 15 is 0 Å². The standard InChI is InChI=1S/C22H28N2O5/c1-16-4-6-18(29-16)7-9-22(25)23-15-19(24-10-12-28-13-11-24)17-5-8-20(26-2)21(14-17)27-3/h4-9,14,19H,10-13,15H2,1-3H3,(H,23,25)/b9-7+. The number of morpholine rings is 1. The van der Waals surface area contributed by atoms with E-state index in [-0.39, 0.29) is 11.9 Å². The van der Waals surface area contributed by atoms with Gasteiger partial charge in [0.1, 0.15) is 11.5 Å². The predicted octanol–water partition coefficient (Wildman–Crippen LogP) is 2.81. The molecule has 156 valence electrons. The highest BCUT2D eigenvalue weighted by Gasteiger charge is 2.24. The van der Waals surface area contributed by atoms with Crippen LogP contribution in [0.15, 0.2) is 40.8 Å². The molecule has 1 aliphatic rings. The van der Waals surface area contributed by atoms with Gasteiger partial charge in [-0.15, -0.1) is 0 Å². The Bertz CT molecular complexity index is 839. The molecule has 3 rings (SSSR count). The van der Waals surface area contributed by atoms with Gasteiger partial charge >= 0.3 is 0 Å². The van der Waals surface area contributed by atoms with Gasteiger partial charge in [-0.05, 0) is 42.8 Å². The van der Waals surface area contributed by atoms with E-state index in [0.717, 1.165) is 24.4 Å². The van der Waals surface area contributed by atoms with Crippen LogP contribution in [0.25, 0.3) is 6.08 Å². The predicted molar refractivity (Wildman–Crippen MR) is 110 cm³/mol. The number of carbonyl (C=O) groups is 1. The second kappa shape index (κ2) is 10.1. The molecule has 29 heavy (non-hydrogen) atoms. The number of benzene rings is 1. The molecular weight excluding hydrogens is 372 g/mol. The van der Waals surface area contributed by atoms with E-state index in [1.54, 1.807) is 20.3 Å². The molecule has 1 atom stereocenters. The highest BCUT2D eigenvalue weighted by molar-refractivity contribution is 5.91. The fourth-order valence-corrected chi connectivity index (χ4v) is 3.36. The molecular formula is C22H28N2O5. The summed E-state index contributed by atoms with van der Waals surface area (Å²) in [6.45, 7) is 5.29. The third-order valence-corrected chi connectivity index (χ3v) is 4.91. The molecule has 1 aliphatic heterocycles. The van der Waals surface area contributed by atoms with E-state index in [2.05, 4.69) is 10.2 Å². The van der Waals surface area contributed by atoms with Crippen molar-refractivity contribution in [1.82, 2.24) is 10.2 Å². The van der Waals surface area contributed by atoms with E-state index in [4.69, 9.17) is 18.6 Å². The Balaban J connectivity index is 1.72. The van der Waals surface area contributed by atoms with Crippen LogP contribution in [0.1, 0.15) is 23.1 Å². The van der Waals surface area contributed by atoms with Gasteiger partial charge in [0.25, 0.3) is 0 Å². The lowest BCUT2D eigenvalue weighted by atomic mass is 10.0. The monoisotopic (exact) mass is 400 g/mol. The Morgan fingerprint density at radius 2 is 1.93 bits per heavy atom. The first-order chi connectivity index (χ1) is 14.1. The van der Waals surface area contributed by atoms with Gasteiger partial charge < -0.3 is 23.9 Å². The molecule has 1 fully saturated rings. The minimum atomic E-state index is -0.169. The molecule has 1 unspecified atom stereocenters. The Labute approximate surface area is 171 Å². The highest BCUT2D eigenvalue weighted by Crippen LogP contribution is 2.32. The molecule has 1 saturated heterocycles. The summed E-state index contributed by atoms with van der Waals surface area (Å²) in [4.78, 5) is 14.6. The Morgan fingerprint density at radius 1 is 1.17 bits per heavy atom. The number of hydrogen-bond acceptors (Lipinski definition) is 6. The van der Waals surface area contributed by atoms with Crippen LogP contribution in [-0.2, 0) is 9.53 Å². The molecule has 2 aromatic rings. The minimum absolute atomic E-state index is 0.00177. The van der Waals surface area contributed by atoms with Crippen molar-refractivity contribution in [1.29, 1.82) is 0 Å². The van der Waals surface area contributed by atoms with E-state index in [9.17, 15) is 4.79 Å². The number of furan rings is 1. The van der Waals surface area contributed by atoms with Gasteiger partial charge in [-0.25, -0.2) is 0 Å². The van der Waals surface area contributed by atoms with Crippen LogP contribution in [0.2, 0.25) is 0 Å². The summed E-state index contributed by atoms with van der Waals surface area (Å²) in [5.41, 5.74) is 1.05. The van der Waals surface area contributed by atoms with Crippen molar-refractivity contribution in [2.24, 2.45) is 0 Å². The smallest absolute Gasteiger partial charge is 0.244 e. The van der Waals surface area contributed by atoms with E-state index in [1.165, 1.54) is 6.08 Å². The van der Waals surface area contributed by atoms with Gasteiger partial charge in [-0.2, -0.15) is 0 Å². The van der Waals surface area contributed by atoms with Crippen LogP contribution >= 0.6 is 0 Å². The third kappa shape index (κ3) is 5.62. The summed E-state index contributed by atoms with van der Waals surface area (Å²) in [5.74, 6) is 2.64. The van der Waals surface area contributed by atoms with Crippen LogP contribution in [0.5, 0.6) is 11.5 Å². The molecule has 0 aliphatic carbocycles. The number of amides is 1. The first-order valence-electron chi connectivity index (χ1n) is 9.66. The molecule has 1 aromatic carbocycles. The molecule has 2 heterocycles. The lowest BCUT2D eigenvalue weighted by molar-refractivity contribution is -0.116. The average molecular weight is 400 g/mol. The van der Waals surface area contributed by atoms with Gasteiger partial charge in [0.2, 0.25) is 5.91 Å². The zero-order valence-electron chi connectivity index (χ0n) is 17.1. The normalized spacial score (nSPS) is 16.0. The topological polar surface area (TPSA) is 73.2 Å². The number of ether oxygens (including phenoxy) is 3. The van der Waals surface area contributed by atoms with Crippen LogP contribution in [0.4, 0.5) is 0 Å². The van der Waals surface area contributed by atoms with Gasteiger partial charge in [0.15, 0.2) is 11.5 Å². The van der Waals surface area contributed by atoms with Gasteiger partial charge in [0.05, 0.1) is 33.5 Å². The number of carbonyl (C=O) groups excluding carboxylic acids is 1. The van der Waals surface area contributed by atoms with Crippen LogP contribution in [-0.4, -0.2) is 57.9 Å². The molecule has 0 radical (unpaired) electrons. The van der Waals surface area contributed by atoms with Crippen LogP contribution < -0.4 is 14.8 Å². The summed E-state index contributed by atoms with van der Waals surface area (Å²) in [6, 6.07) is 9.56. The van der Waals surface area contributed by atoms with E-state index < -0.39 is 0 Å². The largest absolute Gasteiger partial charge is 0.493 e. The van der Waals surface area contributed by atoms with E-state index in [0.29, 0.717) is 37.0 Å². The summed E-state index contributed by atoms with van der Waals surface area (Å²) in [5, 5.41) is 3.00. The second-order valence-electron chi connectivity index (χ2n) is 6.81. The number of nitrogens with zero attached hydrogens (tertiary/aromatic N) is 1. The van der Waals surface area contributed by atoms with Crippen molar-refractivity contribution in [3.63, 3.8) is 0 Å². The maximum absolute atomic E-state index is 12.3. The maximum Gasteiger partial charge on any atom is 0.244 e. The Kier molecular flexibility index (Phi) is 7.32. The molecule has 0 bridgehead atoms. The van der Waals surface area contributed by atoms with Crippen molar-refractivity contribution in [3.05, 3.63) is 53.5 Å². The molecule has 1 amide bonds. The van der Waals surface area contributed by atoms with Crippen LogP contribution in [0.3, 0.4) is 0 Å². The van der Waals surface area contributed by atoms with E-state index in [1.807, 2.05) is 37.3 Å². The van der Waals surface area contributed by atoms with Gasteiger partial charge in [-0.1, -0.05) is 6.07 Å². The SMILES string of the molecule is COc1ccc(C(CNC(=O)/C=C/c2ccc(C)o2)N2CCOCC2)cc1OC. The summed E-state index contributed by atoms with van der Waals surface area (Å²) in [6.07, 6.45) is 3.16. The molecule has 0 saturated carbocycles. The fraction of sp³-hybridized carbons (Fsp3) is 0.409. The average Bonchev–Trinajstić information content (AvgIpc) is 3.18. The quantitative estimate of drug-likeness (QED) is 0.687. The number of methoxy groups -OCH3 is 2. The maximum atomic E-state index is 12.3. The number of nitrogens with one attached hydrogen (secondary N) is 1. The Hall–Kier alpha value is -2.77. The molecule has 7 nitrogen and oxygen atoms in total. The third-order valence-electron chi connectivity index (χ3n) is 4.91. The summed E-state index contributed by atoms with van der Waals surface area (Å²) in [7, 11) is 3.23. The first kappa shape index (κ1) is 21.0. The Morgan fingerprint density at radius 3 is 2.59 bits per heavy atom. The fourth-order valence-electron chi connectivity index (χ4n) is 3.36. The van der Waals surface area contributed by atoms with Crippen molar-refractivity contribution < 1.29 is 23.4 Å².